The molecule has 180 valence electrons. The Labute approximate surface area is 200 Å². The molecule has 1 aliphatic heterocycles. The molecular formula is C26H24FN3O5. The second-order valence-corrected chi connectivity index (χ2v) is 8.47. The van der Waals surface area contributed by atoms with E-state index in [2.05, 4.69) is 5.32 Å². The molecule has 35 heavy (non-hydrogen) atoms. The third kappa shape index (κ3) is 4.57. The molecular weight excluding hydrogens is 453 g/mol. The number of amides is 1. The van der Waals surface area contributed by atoms with Gasteiger partial charge in [-0.2, -0.15) is 0 Å². The smallest absolute Gasteiger partial charge is 0.355 e. The van der Waals surface area contributed by atoms with E-state index in [9.17, 15) is 14.0 Å². The molecule has 0 radical (unpaired) electrons. The molecule has 0 atom stereocenters. The molecule has 0 saturated heterocycles. The van der Waals surface area contributed by atoms with Crippen molar-refractivity contribution in [3.63, 3.8) is 0 Å². The molecule has 2 aromatic carbocycles. The number of halogens is 1. The molecule has 0 unspecified atom stereocenters. The van der Waals surface area contributed by atoms with E-state index >= 15 is 0 Å². The first-order chi connectivity index (χ1) is 16.9. The predicted octanol–water partition coefficient (Wildman–Crippen LogP) is 4.18. The van der Waals surface area contributed by atoms with Crippen LogP contribution in [0.3, 0.4) is 0 Å². The molecule has 0 saturated carbocycles. The van der Waals surface area contributed by atoms with Crippen LogP contribution >= 0.6 is 0 Å². The zero-order chi connectivity index (χ0) is 24.5. The highest BCUT2D eigenvalue weighted by molar-refractivity contribution is 5.96. The van der Waals surface area contributed by atoms with Gasteiger partial charge in [-0.1, -0.05) is 6.07 Å². The standard InChI is InChI=1S/C26H24FN3O5/c1-16(2)35-26(32)22-12-21-20(9-10-29(21)19-6-4-18(27)5-7-19)30(22)14-25(31)28-13-17-3-8-23-24(11-17)34-15-33-23/h3-12,16H,13-15H2,1-2H3,(H,28,31). The van der Waals surface area contributed by atoms with E-state index in [1.54, 1.807) is 42.7 Å². The maximum absolute atomic E-state index is 13.4. The van der Waals surface area contributed by atoms with Crippen molar-refractivity contribution < 1.29 is 28.2 Å². The summed E-state index contributed by atoms with van der Waals surface area (Å²) in [6, 6.07) is 15.0. The highest BCUT2D eigenvalue weighted by atomic mass is 19.1. The fraction of sp³-hybridized carbons (Fsp3) is 0.231. The van der Waals surface area contributed by atoms with E-state index in [1.807, 2.05) is 29.0 Å². The van der Waals surface area contributed by atoms with Crippen LogP contribution in [0.1, 0.15) is 29.9 Å². The van der Waals surface area contributed by atoms with Gasteiger partial charge in [0.1, 0.15) is 18.1 Å². The van der Waals surface area contributed by atoms with Crippen LogP contribution in [0.2, 0.25) is 0 Å². The molecule has 2 aromatic heterocycles. The zero-order valence-electron chi connectivity index (χ0n) is 19.3. The average molecular weight is 477 g/mol. The van der Waals surface area contributed by atoms with Crippen LogP contribution in [-0.4, -0.2) is 33.9 Å². The SMILES string of the molecule is CC(C)OC(=O)c1cc2c(ccn2-c2ccc(F)cc2)n1CC(=O)NCc1ccc2c(c1)OCO2. The first-order valence-corrected chi connectivity index (χ1v) is 11.2. The van der Waals surface area contributed by atoms with Crippen molar-refractivity contribution in [3.8, 4) is 17.2 Å². The lowest BCUT2D eigenvalue weighted by molar-refractivity contribution is -0.121. The molecule has 1 N–H and O–H groups in total. The predicted molar refractivity (Wildman–Crippen MR) is 126 cm³/mol. The Balaban J connectivity index is 1.41. The third-order valence-electron chi connectivity index (χ3n) is 5.64. The highest BCUT2D eigenvalue weighted by Gasteiger charge is 2.22. The van der Waals surface area contributed by atoms with E-state index in [-0.39, 0.29) is 36.9 Å². The topological polar surface area (TPSA) is 83.7 Å². The lowest BCUT2D eigenvalue weighted by Gasteiger charge is -2.12. The number of hydrogen-bond donors (Lipinski definition) is 1. The first-order valence-electron chi connectivity index (χ1n) is 11.2. The van der Waals surface area contributed by atoms with Gasteiger partial charge in [0.05, 0.1) is 17.1 Å². The Hall–Kier alpha value is -4.27. The number of carbonyl (C=O) groups excluding carboxylic acids is 2. The molecule has 1 aliphatic rings. The maximum Gasteiger partial charge on any atom is 0.355 e. The van der Waals surface area contributed by atoms with Gasteiger partial charge in [-0.3, -0.25) is 4.79 Å². The van der Waals surface area contributed by atoms with Gasteiger partial charge in [-0.15, -0.1) is 0 Å². The lowest BCUT2D eigenvalue weighted by Crippen LogP contribution is -2.28. The van der Waals surface area contributed by atoms with Crippen LogP contribution in [-0.2, 0) is 22.6 Å². The Morgan fingerprint density at radius 3 is 2.57 bits per heavy atom. The fourth-order valence-corrected chi connectivity index (χ4v) is 4.03. The largest absolute Gasteiger partial charge is 0.458 e. The molecule has 0 fully saturated rings. The minimum atomic E-state index is -0.523. The summed E-state index contributed by atoms with van der Waals surface area (Å²) in [4.78, 5) is 25.7. The molecule has 4 aromatic rings. The number of hydrogen-bond acceptors (Lipinski definition) is 5. The van der Waals surface area contributed by atoms with E-state index in [0.29, 0.717) is 29.1 Å². The van der Waals surface area contributed by atoms with Crippen LogP contribution in [0.4, 0.5) is 4.39 Å². The van der Waals surface area contributed by atoms with E-state index in [0.717, 1.165) is 11.3 Å². The van der Waals surface area contributed by atoms with Gasteiger partial charge in [0.15, 0.2) is 11.5 Å². The fourth-order valence-electron chi connectivity index (χ4n) is 4.03. The first kappa shape index (κ1) is 22.5. The van der Waals surface area contributed by atoms with Crippen LogP contribution in [0, 0.1) is 5.82 Å². The van der Waals surface area contributed by atoms with Gasteiger partial charge in [0, 0.05) is 18.4 Å². The van der Waals surface area contributed by atoms with Crippen molar-refractivity contribution >= 4 is 22.9 Å². The van der Waals surface area contributed by atoms with Crippen LogP contribution in [0.15, 0.2) is 60.8 Å². The summed E-state index contributed by atoms with van der Waals surface area (Å²) in [6.07, 6.45) is 1.50. The maximum atomic E-state index is 13.4. The monoisotopic (exact) mass is 477 g/mol. The van der Waals surface area contributed by atoms with Crippen molar-refractivity contribution in [2.75, 3.05) is 6.79 Å². The minimum absolute atomic E-state index is 0.0794. The number of nitrogens with one attached hydrogen (secondary N) is 1. The third-order valence-corrected chi connectivity index (χ3v) is 5.64. The number of nitrogens with zero attached hydrogens (tertiary/aromatic N) is 2. The van der Waals surface area contributed by atoms with Crippen molar-refractivity contribution in [3.05, 3.63) is 77.9 Å². The second-order valence-electron chi connectivity index (χ2n) is 8.47. The van der Waals surface area contributed by atoms with E-state index in [1.165, 1.54) is 12.1 Å². The molecule has 0 bridgehead atoms. The summed E-state index contributed by atoms with van der Waals surface area (Å²) in [5.41, 5.74) is 3.24. The Bertz CT molecular complexity index is 1400. The Morgan fingerprint density at radius 2 is 1.80 bits per heavy atom. The van der Waals surface area contributed by atoms with Crippen LogP contribution in [0.5, 0.6) is 11.5 Å². The van der Waals surface area contributed by atoms with E-state index in [4.69, 9.17) is 14.2 Å². The molecule has 9 heteroatoms. The Morgan fingerprint density at radius 1 is 1.03 bits per heavy atom. The molecule has 8 nitrogen and oxygen atoms in total. The van der Waals surface area contributed by atoms with Crippen molar-refractivity contribution in [1.82, 2.24) is 14.5 Å². The van der Waals surface area contributed by atoms with Gasteiger partial charge >= 0.3 is 5.97 Å². The van der Waals surface area contributed by atoms with Gasteiger partial charge < -0.3 is 28.7 Å². The van der Waals surface area contributed by atoms with Gasteiger partial charge in [0.2, 0.25) is 12.7 Å². The second kappa shape index (κ2) is 9.17. The van der Waals surface area contributed by atoms with Crippen LogP contribution in [0.25, 0.3) is 16.7 Å². The number of aromatic nitrogens is 2. The number of carbonyl (C=O) groups is 2. The van der Waals surface area contributed by atoms with E-state index < -0.39 is 5.97 Å². The van der Waals surface area contributed by atoms with Crippen molar-refractivity contribution in [1.29, 1.82) is 0 Å². The molecule has 5 rings (SSSR count). The van der Waals surface area contributed by atoms with Gasteiger partial charge in [-0.25, -0.2) is 9.18 Å². The molecule has 0 aliphatic carbocycles. The average Bonchev–Trinajstić information content (AvgIpc) is 3.54. The summed E-state index contributed by atoms with van der Waals surface area (Å²) < 4.78 is 33.0. The number of ether oxygens (including phenoxy) is 3. The zero-order valence-corrected chi connectivity index (χ0v) is 19.3. The lowest BCUT2D eigenvalue weighted by atomic mass is 10.2. The minimum Gasteiger partial charge on any atom is -0.458 e. The van der Waals surface area contributed by atoms with Gasteiger partial charge in [-0.05, 0) is 67.9 Å². The number of fused-ring (bicyclic) bond motifs is 2. The summed E-state index contributed by atoms with van der Waals surface area (Å²) in [6.45, 7) is 3.93. The summed E-state index contributed by atoms with van der Waals surface area (Å²) in [7, 11) is 0. The molecule has 0 spiro atoms. The normalized spacial score (nSPS) is 12.3. The van der Waals surface area contributed by atoms with Crippen LogP contribution < -0.4 is 14.8 Å². The molecule has 3 heterocycles. The van der Waals surface area contributed by atoms with Crippen molar-refractivity contribution in [2.24, 2.45) is 0 Å². The summed E-state index contributed by atoms with van der Waals surface area (Å²) >= 11 is 0. The van der Waals surface area contributed by atoms with Crippen molar-refractivity contribution in [2.45, 2.75) is 33.0 Å². The summed E-state index contributed by atoms with van der Waals surface area (Å²) in [5.74, 6) is 0.187. The number of benzene rings is 2. The van der Waals surface area contributed by atoms with Gasteiger partial charge in [0.25, 0.3) is 0 Å². The quantitative estimate of drug-likeness (QED) is 0.404. The molecule has 1 amide bonds. The Kier molecular flexibility index (Phi) is 5.90. The number of rotatable bonds is 7. The number of esters is 1. The highest BCUT2D eigenvalue weighted by Crippen LogP contribution is 2.32. The summed E-state index contributed by atoms with van der Waals surface area (Å²) in [5, 5.41) is 2.89.